The molecule has 1 aromatic carbocycles. The Labute approximate surface area is 83.7 Å². The van der Waals surface area contributed by atoms with Gasteiger partial charge in [-0.2, -0.15) is 0 Å². The lowest BCUT2D eigenvalue weighted by atomic mass is 10.3. The number of imidazole rings is 1. The van der Waals surface area contributed by atoms with Gasteiger partial charge in [0.25, 0.3) is 0 Å². The molecule has 0 amide bonds. The smallest absolute Gasteiger partial charge is 0.177 e. The Kier molecular flexibility index (Phi) is 1.33. The molecule has 0 unspecified atom stereocenters. The zero-order valence-corrected chi connectivity index (χ0v) is 8.22. The van der Waals surface area contributed by atoms with Gasteiger partial charge in [-0.25, -0.2) is 0 Å². The topological polar surface area (TPSA) is 62.3 Å². The SMILES string of the molecule is Cn1c(=S)[nH]c2cc3nn[nH]c3cc21. The van der Waals surface area contributed by atoms with Gasteiger partial charge in [-0.05, 0) is 24.4 Å². The molecule has 2 heterocycles. The molecule has 0 bridgehead atoms. The van der Waals surface area contributed by atoms with Crippen LogP contribution in [0.2, 0.25) is 0 Å². The van der Waals surface area contributed by atoms with Crippen molar-refractivity contribution in [1.82, 2.24) is 25.0 Å². The summed E-state index contributed by atoms with van der Waals surface area (Å²) in [5, 5.41) is 10.5. The average molecular weight is 205 g/mol. The van der Waals surface area contributed by atoms with Crippen molar-refractivity contribution in [3.8, 4) is 0 Å². The van der Waals surface area contributed by atoms with Crippen LogP contribution >= 0.6 is 12.2 Å². The Morgan fingerprint density at radius 2 is 2.21 bits per heavy atom. The maximum Gasteiger partial charge on any atom is 0.177 e. The zero-order chi connectivity index (χ0) is 9.71. The number of fused-ring (bicyclic) bond motifs is 2. The summed E-state index contributed by atoms with van der Waals surface area (Å²) < 4.78 is 2.63. The number of nitrogens with one attached hydrogen (secondary N) is 2. The Morgan fingerprint density at radius 3 is 3.07 bits per heavy atom. The van der Waals surface area contributed by atoms with Gasteiger partial charge in [0.2, 0.25) is 0 Å². The van der Waals surface area contributed by atoms with Crippen LogP contribution in [0.1, 0.15) is 0 Å². The van der Waals surface area contributed by atoms with E-state index in [0.29, 0.717) is 4.77 Å². The summed E-state index contributed by atoms with van der Waals surface area (Å²) in [5.74, 6) is 0. The fraction of sp³-hybridized carbons (Fsp3) is 0.125. The molecule has 0 aliphatic heterocycles. The Hall–Kier alpha value is -1.69. The van der Waals surface area contributed by atoms with Gasteiger partial charge in [-0.15, -0.1) is 5.10 Å². The molecule has 2 aromatic heterocycles. The molecule has 14 heavy (non-hydrogen) atoms. The third-order valence-electron chi connectivity index (χ3n) is 2.35. The van der Waals surface area contributed by atoms with Crippen LogP contribution in [0.15, 0.2) is 12.1 Å². The van der Waals surface area contributed by atoms with E-state index in [2.05, 4.69) is 20.4 Å². The molecule has 0 spiro atoms. The predicted octanol–water partition coefficient (Wildman–Crippen LogP) is 1.51. The number of aryl methyl sites for hydroxylation is 1. The van der Waals surface area contributed by atoms with Crippen LogP contribution in [0.25, 0.3) is 22.1 Å². The fourth-order valence-corrected chi connectivity index (χ4v) is 1.78. The third kappa shape index (κ3) is 0.856. The van der Waals surface area contributed by atoms with Crippen molar-refractivity contribution >= 4 is 34.3 Å². The predicted molar refractivity (Wildman–Crippen MR) is 55.6 cm³/mol. The highest BCUT2D eigenvalue weighted by atomic mass is 32.1. The number of H-pyrrole nitrogens is 2. The number of hydrogen-bond acceptors (Lipinski definition) is 3. The fourth-order valence-electron chi connectivity index (χ4n) is 1.57. The lowest BCUT2D eigenvalue weighted by Gasteiger charge is -1.93. The highest BCUT2D eigenvalue weighted by molar-refractivity contribution is 7.71. The maximum absolute atomic E-state index is 5.13. The molecule has 0 fully saturated rings. The van der Waals surface area contributed by atoms with Crippen molar-refractivity contribution < 1.29 is 0 Å². The van der Waals surface area contributed by atoms with E-state index >= 15 is 0 Å². The van der Waals surface area contributed by atoms with Crippen LogP contribution in [-0.2, 0) is 7.05 Å². The summed E-state index contributed by atoms with van der Waals surface area (Å²) in [5.41, 5.74) is 3.80. The molecular weight excluding hydrogens is 198 g/mol. The van der Waals surface area contributed by atoms with E-state index < -0.39 is 0 Å². The molecule has 6 heteroatoms. The van der Waals surface area contributed by atoms with Gasteiger partial charge in [0.05, 0.1) is 16.6 Å². The van der Waals surface area contributed by atoms with Gasteiger partial charge in [0.1, 0.15) is 5.52 Å². The van der Waals surface area contributed by atoms with Gasteiger partial charge < -0.3 is 9.55 Å². The summed E-state index contributed by atoms with van der Waals surface area (Å²) in [6.45, 7) is 0. The molecule has 0 aliphatic rings. The minimum Gasteiger partial charge on any atom is -0.331 e. The highest BCUT2D eigenvalue weighted by Gasteiger charge is 2.04. The molecule has 0 saturated heterocycles. The van der Waals surface area contributed by atoms with Crippen molar-refractivity contribution in [1.29, 1.82) is 0 Å². The number of hydrogen-bond donors (Lipinski definition) is 2. The first-order chi connectivity index (χ1) is 6.75. The van der Waals surface area contributed by atoms with E-state index in [0.717, 1.165) is 22.1 Å². The van der Waals surface area contributed by atoms with Crippen LogP contribution in [0.4, 0.5) is 0 Å². The maximum atomic E-state index is 5.13. The molecule has 3 aromatic rings. The summed E-state index contributed by atoms with van der Waals surface area (Å²) in [4.78, 5) is 3.10. The molecule has 70 valence electrons. The number of aromatic amines is 2. The lowest BCUT2D eigenvalue weighted by molar-refractivity contribution is 0.926. The van der Waals surface area contributed by atoms with Crippen LogP contribution in [0, 0.1) is 4.77 Å². The van der Waals surface area contributed by atoms with E-state index in [1.807, 2.05) is 23.7 Å². The van der Waals surface area contributed by atoms with Crippen LogP contribution in [-0.4, -0.2) is 25.0 Å². The first kappa shape index (κ1) is 7.69. The quantitative estimate of drug-likeness (QED) is 0.547. The second-order valence-corrected chi connectivity index (χ2v) is 3.57. The summed E-state index contributed by atoms with van der Waals surface area (Å²) >= 11 is 5.13. The van der Waals surface area contributed by atoms with E-state index in [-0.39, 0.29) is 0 Å². The summed E-state index contributed by atoms with van der Waals surface area (Å²) in [6, 6.07) is 3.92. The number of rotatable bonds is 0. The van der Waals surface area contributed by atoms with E-state index in [1.54, 1.807) is 0 Å². The number of nitrogens with zero attached hydrogens (tertiary/aromatic N) is 3. The second-order valence-electron chi connectivity index (χ2n) is 3.19. The van der Waals surface area contributed by atoms with Crippen molar-refractivity contribution in [2.24, 2.45) is 7.05 Å². The average Bonchev–Trinajstić information content (AvgIpc) is 2.70. The lowest BCUT2D eigenvalue weighted by Crippen LogP contribution is -1.85. The summed E-state index contributed by atoms with van der Waals surface area (Å²) in [7, 11) is 1.93. The third-order valence-corrected chi connectivity index (χ3v) is 2.73. The highest BCUT2D eigenvalue weighted by Crippen LogP contribution is 2.18. The van der Waals surface area contributed by atoms with Gasteiger partial charge in [0.15, 0.2) is 4.77 Å². The molecule has 0 radical (unpaired) electrons. The molecular formula is C8H7N5S. The first-order valence-corrected chi connectivity index (χ1v) is 4.56. The molecule has 3 rings (SSSR count). The Bertz CT molecular complexity index is 674. The van der Waals surface area contributed by atoms with Crippen molar-refractivity contribution in [2.75, 3.05) is 0 Å². The van der Waals surface area contributed by atoms with Crippen molar-refractivity contribution in [3.05, 3.63) is 16.9 Å². The van der Waals surface area contributed by atoms with Gasteiger partial charge >= 0.3 is 0 Å². The zero-order valence-electron chi connectivity index (χ0n) is 7.40. The monoisotopic (exact) mass is 205 g/mol. The van der Waals surface area contributed by atoms with Crippen LogP contribution in [0.3, 0.4) is 0 Å². The van der Waals surface area contributed by atoms with Crippen molar-refractivity contribution in [3.63, 3.8) is 0 Å². The van der Waals surface area contributed by atoms with Gasteiger partial charge in [-0.3, -0.25) is 5.10 Å². The van der Waals surface area contributed by atoms with E-state index in [4.69, 9.17) is 12.2 Å². The molecule has 2 N–H and O–H groups in total. The number of aromatic nitrogens is 5. The van der Waals surface area contributed by atoms with E-state index in [1.165, 1.54) is 0 Å². The van der Waals surface area contributed by atoms with Crippen LogP contribution < -0.4 is 0 Å². The molecule has 5 nitrogen and oxygen atoms in total. The largest absolute Gasteiger partial charge is 0.331 e. The molecule has 0 atom stereocenters. The van der Waals surface area contributed by atoms with E-state index in [9.17, 15) is 0 Å². The molecule has 0 saturated carbocycles. The standard InChI is InChI=1S/C8H7N5S/c1-13-7-3-5-4(10-12-11-5)2-6(7)9-8(13)14/h2-3H,1H3,(H,9,14)(H,10,11,12). The van der Waals surface area contributed by atoms with Crippen LogP contribution in [0.5, 0.6) is 0 Å². The minimum atomic E-state index is 0.709. The van der Waals surface area contributed by atoms with Gasteiger partial charge in [0, 0.05) is 7.05 Å². The Balaban J connectivity index is 2.62. The second kappa shape index (κ2) is 2.42. The van der Waals surface area contributed by atoms with Crippen molar-refractivity contribution in [2.45, 2.75) is 0 Å². The minimum absolute atomic E-state index is 0.709. The normalized spacial score (nSPS) is 11.5. The molecule has 0 aliphatic carbocycles. The summed E-state index contributed by atoms with van der Waals surface area (Å²) in [6.07, 6.45) is 0. The number of benzene rings is 1. The van der Waals surface area contributed by atoms with Gasteiger partial charge in [-0.1, -0.05) is 5.21 Å². The Morgan fingerprint density at radius 1 is 1.36 bits per heavy atom. The first-order valence-electron chi connectivity index (χ1n) is 4.15.